The molecular weight excluding hydrogens is 548 g/mol. The molecule has 2 aromatic heterocycles. The molecule has 0 saturated carbocycles. The summed E-state index contributed by atoms with van der Waals surface area (Å²) in [5, 5.41) is 16.7. The Kier molecular flexibility index (Phi) is 7.60. The van der Waals surface area contributed by atoms with Crippen LogP contribution in [0, 0.1) is 12.8 Å². The lowest BCUT2D eigenvalue weighted by Gasteiger charge is -2.27. The van der Waals surface area contributed by atoms with E-state index in [1.165, 1.54) is 12.1 Å². The second-order valence-electron chi connectivity index (χ2n) is 9.84. The molecule has 0 unspecified atom stereocenters. The third-order valence-electron chi connectivity index (χ3n) is 6.77. The zero-order chi connectivity index (χ0) is 28.6. The van der Waals surface area contributed by atoms with Gasteiger partial charge in [-0.15, -0.1) is 0 Å². The van der Waals surface area contributed by atoms with Crippen LogP contribution in [0.3, 0.4) is 0 Å². The van der Waals surface area contributed by atoms with Gasteiger partial charge < -0.3 is 25.1 Å². The van der Waals surface area contributed by atoms with Crippen LogP contribution in [-0.4, -0.2) is 27.1 Å². The molecule has 1 aliphatic rings. The number of hydrogen-bond acceptors (Lipinski definition) is 5. The average molecular weight is 575 g/mol. The second-order valence-corrected chi connectivity index (χ2v) is 10.6. The lowest BCUT2D eigenvalue weighted by atomic mass is 10.0. The highest BCUT2D eigenvalue weighted by atomic mass is 35.5. The number of pyridine rings is 1. The fourth-order valence-corrected chi connectivity index (χ4v) is 5.20. The van der Waals surface area contributed by atoms with Gasteiger partial charge in [0.1, 0.15) is 17.6 Å². The van der Waals surface area contributed by atoms with Gasteiger partial charge in [-0.3, -0.25) is 9.78 Å². The predicted molar refractivity (Wildman–Crippen MR) is 159 cm³/mol. The molecule has 10 heteroatoms. The third-order valence-corrected chi connectivity index (χ3v) is 7.41. The Morgan fingerprint density at radius 3 is 2.60 bits per heavy atom. The van der Waals surface area contributed by atoms with Gasteiger partial charge in [0.25, 0.3) is 0 Å². The molecule has 5 rings (SSSR count). The van der Waals surface area contributed by atoms with Crippen molar-refractivity contribution in [3.05, 3.63) is 101 Å². The number of hydrogen-bond donors (Lipinski definition) is 3. The number of benzene rings is 2. The summed E-state index contributed by atoms with van der Waals surface area (Å²) >= 11 is 12.2. The molecule has 0 radical (unpaired) electrons. The van der Waals surface area contributed by atoms with Gasteiger partial charge >= 0.3 is 5.97 Å². The molecule has 204 valence electrons. The molecule has 3 N–H and O–H groups in total. The van der Waals surface area contributed by atoms with Crippen molar-refractivity contribution in [1.29, 1.82) is 0 Å². The van der Waals surface area contributed by atoms with Gasteiger partial charge in [-0.1, -0.05) is 31.5 Å². The highest BCUT2D eigenvalue weighted by molar-refractivity contribution is 7.80. The highest BCUT2D eigenvalue weighted by Crippen LogP contribution is 2.44. The van der Waals surface area contributed by atoms with E-state index in [0.717, 1.165) is 22.6 Å². The van der Waals surface area contributed by atoms with Gasteiger partial charge in [0.15, 0.2) is 5.11 Å². The maximum Gasteiger partial charge on any atom is 0.335 e. The number of halogens is 1. The van der Waals surface area contributed by atoms with E-state index < -0.39 is 12.0 Å². The first-order valence-electron chi connectivity index (χ1n) is 12.7. The number of nitrogens with one attached hydrogen (secondary N) is 2. The quantitative estimate of drug-likeness (QED) is 0.207. The fraction of sp³-hybridized carbons (Fsp3) is 0.200. The third kappa shape index (κ3) is 5.30. The van der Waals surface area contributed by atoms with E-state index in [9.17, 15) is 14.7 Å². The molecule has 0 spiro atoms. The summed E-state index contributed by atoms with van der Waals surface area (Å²) in [6, 6.07) is 18.7. The number of carboxylic acid groups (broad SMARTS) is 1. The number of carboxylic acids is 1. The zero-order valence-corrected chi connectivity index (χ0v) is 23.6. The molecule has 1 aliphatic heterocycles. The SMILES string of the molecule is Cc1cc(N2C(=S)N[C@@H](c3ccccn3)[C@@H]2c2ccc(-c3cc(C(=O)O)ccc3Cl)o2)ccc1NC(=O)C(C)C. The Hall–Kier alpha value is -4.21. The van der Waals surface area contributed by atoms with Crippen LogP contribution < -0.4 is 15.5 Å². The smallest absolute Gasteiger partial charge is 0.335 e. The van der Waals surface area contributed by atoms with Crippen LogP contribution in [0.25, 0.3) is 11.3 Å². The molecule has 1 saturated heterocycles. The number of carbonyl (C=O) groups excluding carboxylic acids is 1. The summed E-state index contributed by atoms with van der Waals surface area (Å²) in [4.78, 5) is 30.4. The summed E-state index contributed by atoms with van der Waals surface area (Å²) in [6.45, 7) is 5.62. The van der Waals surface area contributed by atoms with Crippen LogP contribution in [-0.2, 0) is 4.79 Å². The second kappa shape index (κ2) is 11.1. The van der Waals surface area contributed by atoms with Gasteiger partial charge in [0.2, 0.25) is 5.91 Å². The van der Waals surface area contributed by atoms with Crippen molar-refractivity contribution in [2.45, 2.75) is 32.9 Å². The maximum absolute atomic E-state index is 12.3. The number of amides is 1. The van der Waals surface area contributed by atoms with E-state index in [4.69, 9.17) is 28.2 Å². The number of rotatable bonds is 7. The van der Waals surface area contributed by atoms with Crippen molar-refractivity contribution in [1.82, 2.24) is 10.3 Å². The van der Waals surface area contributed by atoms with Crippen molar-refractivity contribution in [3.63, 3.8) is 0 Å². The van der Waals surface area contributed by atoms with E-state index in [-0.39, 0.29) is 23.4 Å². The number of anilines is 2. The van der Waals surface area contributed by atoms with Gasteiger partial charge in [-0.2, -0.15) is 0 Å². The zero-order valence-electron chi connectivity index (χ0n) is 22.0. The molecule has 0 bridgehead atoms. The van der Waals surface area contributed by atoms with E-state index >= 15 is 0 Å². The molecule has 40 heavy (non-hydrogen) atoms. The first kappa shape index (κ1) is 27.4. The van der Waals surface area contributed by atoms with Crippen LogP contribution in [0.1, 0.15) is 53.3 Å². The average Bonchev–Trinajstić information content (AvgIpc) is 3.55. The van der Waals surface area contributed by atoms with Gasteiger partial charge in [0.05, 0.1) is 22.3 Å². The largest absolute Gasteiger partial charge is 0.478 e. The summed E-state index contributed by atoms with van der Waals surface area (Å²) < 4.78 is 6.35. The number of aromatic carboxylic acids is 1. The number of thiocarbonyl (C=S) groups is 1. The summed E-state index contributed by atoms with van der Waals surface area (Å²) in [7, 11) is 0. The molecule has 1 amide bonds. The first-order chi connectivity index (χ1) is 19.1. The Bertz CT molecular complexity index is 1600. The minimum absolute atomic E-state index is 0.0592. The minimum atomic E-state index is -1.06. The maximum atomic E-state index is 12.3. The summed E-state index contributed by atoms with van der Waals surface area (Å²) in [5.74, 6) is -0.236. The van der Waals surface area contributed by atoms with E-state index in [1.54, 1.807) is 18.3 Å². The number of aromatic nitrogens is 1. The van der Waals surface area contributed by atoms with Crippen LogP contribution in [0.15, 0.2) is 77.3 Å². The van der Waals surface area contributed by atoms with E-state index in [1.807, 2.05) is 68.1 Å². The topological polar surface area (TPSA) is 108 Å². The van der Waals surface area contributed by atoms with E-state index in [0.29, 0.717) is 27.2 Å². The van der Waals surface area contributed by atoms with Crippen LogP contribution in [0.2, 0.25) is 5.02 Å². The molecule has 4 aromatic rings. The van der Waals surface area contributed by atoms with Crippen molar-refractivity contribution in [2.24, 2.45) is 5.92 Å². The lowest BCUT2D eigenvalue weighted by Crippen LogP contribution is -2.29. The number of aryl methyl sites for hydroxylation is 1. The highest BCUT2D eigenvalue weighted by Gasteiger charge is 2.42. The van der Waals surface area contributed by atoms with Crippen LogP contribution in [0.5, 0.6) is 0 Å². The molecule has 3 heterocycles. The molecule has 1 fully saturated rings. The molecule has 0 aliphatic carbocycles. The molecular formula is C30H27ClN4O4S. The van der Waals surface area contributed by atoms with Crippen molar-refractivity contribution >= 4 is 52.2 Å². The summed E-state index contributed by atoms with van der Waals surface area (Å²) in [6.07, 6.45) is 1.72. The van der Waals surface area contributed by atoms with Crippen molar-refractivity contribution < 1.29 is 19.1 Å². The predicted octanol–water partition coefficient (Wildman–Crippen LogP) is 6.77. The number of nitrogens with zero attached hydrogens (tertiary/aromatic N) is 2. The first-order valence-corrected chi connectivity index (χ1v) is 13.5. The lowest BCUT2D eigenvalue weighted by molar-refractivity contribution is -0.118. The van der Waals surface area contributed by atoms with Gasteiger partial charge in [0, 0.05) is 29.1 Å². The number of furan rings is 1. The monoisotopic (exact) mass is 574 g/mol. The van der Waals surface area contributed by atoms with E-state index in [2.05, 4.69) is 15.6 Å². The minimum Gasteiger partial charge on any atom is -0.478 e. The Labute approximate surface area is 242 Å². The van der Waals surface area contributed by atoms with Crippen molar-refractivity contribution in [2.75, 3.05) is 10.2 Å². The molecule has 8 nitrogen and oxygen atoms in total. The van der Waals surface area contributed by atoms with Crippen LogP contribution in [0.4, 0.5) is 11.4 Å². The molecule has 2 aromatic carbocycles. The van der Waals surface area contributed by atoms with Crippen molar-refractivity contribution in [3.8, 4) is 11.3 Å². The Morgan fingerprint density at radius 2 is 1.93 bits per heavy atom. The number of carbonyl (C=O) groups is 2. The van der Waals surface area contributed by atoms with Gasteiger partial charge in [-0.25, -0.2) is 4.79 Å². The Morgan fingerprint density at radius 1 is 1.12 bits per heavy atom. The van der Waals surface area contributed by atoms with Crippen LogP contribution >= 0.6 is 23.8 Å². The summed E-state index contributed by atoms with van der Waals surface area (Å²) in [5.41, 5.74) is 3.78. The molecule has 2 atom stereocenters. The standard InChI is InChI=1S/C30H27ClN4O4S/c1-16(2)28(36)33-22-10-8-19(14-17(22)3)35-27(26(34-30(35)40)23-6-4-5-13-32-23)25-12-11-24(39-25)20-15-18(29(37)38)7-9-21(20)31/h4-16,26-27H,1-3H3,(H,33,36)(H,34,40)(H,37,38)/t26-,27-/m0/s1. The van der Waals surface area contributed by atoms with Gasteiger partial charge in [-0.05, 0) is 85.4 Å². The fourth-order valence-electron chi connectivity index (χ4n) is 4.64. The normalized spacial score (nSPS) is 16.7. The Balaban J connectivity index is 1.57.